The van der Waals surface area contributed by atoms with Crippen LogP contribution in [0.3, 0.4) is 0 Å². The van der Waals surface area contributed by atoms with Crippen LogP contribution in [0.5, 0.6) is 0 Å². The molecule has 1 saturated heterocycles. The summed E-state index contributed by atoms with van der Waals surface area (Å²) >= 11 is 0. The molecular formula is C17H20FNO4. The van der Waals surface area contributed by atoms with Gasteiger partial charge in [-0.3, -0.25) is 9.59 Å². The first kappa shape index (κ1) is 17.1. The van der Waals surface area contributed by atoms with Crippen molar-refractivity contribution in [2.24, 2.45) is 0 Å². The Labute approximate surface area is 134 Å². The molecule has 23 heavy (non-hydrogen) atoms. The quantitative estimate of drug-likeness (QED) is 0.843. The van der Waals surface area contributed by atoms with Gasteiger partial charge in [0.2, 0.25) is 5.91 Å². The maximum atomic E-state index is 12.8. The van der Waals surface area contributed by atoms with Crippen molar-refractivity contribution in [1.29, 1.82) is 0 Å². The lowest BCUT2D eigenvalue weighted by atomic mass is 9.86. The van der Waals surface area contributed by atoms with Crippen LogP contribution >= 0.6 is 0 Å². The van der Waals surface area contributed by atoms with Crippen molar-refractivity contribution < 1.29 is 23.8 Å². The van der Waals surface area contributed by atoms with E-state index in [0.29, 0.717) is 26.1 Å². The van der Waals surface area contributed by atoms with Gasteiger partial charge in [0.25, 0.3) is 0 Å². The number of amides is 1. The van der Waals surface area contributed by atoms with Gasteiger partial charge in [0.1, 0.15) is 5.82 Å². The van der Waals surface area contributed by atoms with E-state index < -0.39 is 11.5 Å². The number of hydrogen-bond acceptors (Lipinski definition) is 3. The maximum absolute atomic E-state index is 12.8. The third-order valence-corrected chi connectivity index (χ3v) is 3.83. The zero-order valence-corrected chi connectivity index (χ0v) is 12.8. The predicted molar refractivity (Wildman–Crippen MR) is 83.2 cm³/mol. The average molecular weight is 321 g/mol. The van der Waals surface area contributed by atoms with Gasteiger partial charge in [-0.15, -0.1) is 0 Å². The highest BCUT2D eigenvalue weighted by Crippen LogP contribution is 2.24. The number of halogens is 1. The molecule has 2 N–H and O–H groups in total. The van der Waals surface area contributed by atoms with Crippen LogP contribution in [0.25, 0.3) is 6.08 Å². The fourth-order valence-corrected chi connectivity index (χ4v) is 2.62. The molecule has 5 nitrogen and oxygen atoms in total. The molecule has 0 aromatic heterocycles. The molecule has 1 heterocycles. The van der Waals surface area contributed by atoms with Crippen LogP contribution in [0.4, 0.5) is 4.39 Å². The van der Waals surface area contributed by atoms with E-state index in [9.17, 15) is 14.0 Å². The minimum atomic E-state index is -0.936. The summed E-state index contributed by atoms with van der Waals surface area (Å²) in [4.78, 5) is 23.1. The maximum Gasteiger partial charge on any atom is 0.305 e. The number of hydrogen-bond donors (Lipinski definition) is 2. The van der Waals surface area contributed by atoms with E-state index in [1.165, 1.54) is 12.1 Å². The number of rotatable bonds is 6. The van der Waals surface area contributed by atoms with Gasteiger partial charge in [0.15, 0.2) is 0 Å². The Balaban J connectivity index is 1.91. The first-order chi connectivity index (χ1) is 11.0. The van der Waals surface area contributed by atoms with Crippen molar-refractivity contribution >= 4 is 18.0 Å². The molecule has 0 bridgehead atoms. The molecule has 1 aliphatic rings. The summed E-state index contributed by atoms with van der Waals surface area (Å²) in [5.74, 6) is -1.48. The number of aliphatic carboxylic acids is 1. The average Bonchev–Trinajstić information content (AvgIpc) is 2.49. The molecule has 124 valence electrons. The molecule has 1 fully saturated rings. The third kappa shape index (κ3) is 5.49. The Morgan fingerprint density at radius 2 is 1.91 bits per heavy atom. The van der Waals surface area contributed by atoms with Crippen LogP contribution in [0.15, 0.2) is 30.3 Å². The molecule has 1 aliphatic heterocycles. The largest absolute Gasteiger partial charge is 0.481 e. The number of benzene rings is 1. The summed E-state index contributed by atoms with van der Waals surface area (Å²) in [6.45, 7) is 0.887. The van der Waals surface area contributed by atoms with Crippen molar-refractivity contribution in [3.63, 3.8) is 0 Å². The Hall–Kier alpha value is -2.21. The van der Waals surface area contributed by atoms with Crippen molar-refractivity contribution in [2.45, 2.75) is 31.2 Å². The van der Waals surface area contributed by atoms with Crippen LogP contribution < -0.4 is 5.32 Å². The summed E-state index contributed by atoms with van der Waals surface area (Å²) < 4.78 is 18.0. The summed E-state index contributed by atoms with van der Waals surface area (Å²) in [5, 5.41) is 11.9. The summed E-state index contributed by atoms with van der Waals surface area (Å²) in [5.41, 5.74) is 0.0655. The van der Waals surface area contributed by atoms with E-state index in [1.807, 2.05) is 0 Å². The van der Waals surface area contributed by atoms with E-state index in [-0.39, 0.29) is 24.6 Å². The Bertz CT molecular complexity index is 577. The molecule has 1 aromatic carbocycles. The van der Waals surface area contributed by atoms with Crippen molar-refractivity contribution in [2.75, 3.05) is 13.2 Å². The summed E-state index contributed by atoms with van der Waals surface area (Å²) in [6, 6.07) is 5.94. The Kier molecular flexibility index (Phi) is 5.87. The first-order valence-electron chi connectivity index (χ1n) is 7.52. The molecule has 0 spiro atoms. The van der Waals surface area contributed by atoms with Crippen LogP contribution in [0.2, 0.25) is 0 Å². The molecule has 1 aromatic rings. The lowest BCUT2D eigenvalue weighted by Crippen LogP contribution is -2.53. The SMILES string of the molecule is O=C(O)CC1(NC(=O)C/C=C/c2ccc(F)cc2)CCOCC1. The molecule has 6 heteroatoms. The normalized spacial score (nSPS) is 17.1. The number of ether oxygens (including phenoxy) is 1. The number of nitrogens with one attached hydrogen (secondary N) is 1. The van der Waals surface area contributed by atoms with Gasteiger partial charge in [0, 0.05) is 19.6 Å². The van der Waals surface area contributed by atoms with Crippen LogP contribution in [0, 0.1) is 5.82 Å². The van der Waals surface area contributed by atoms with Gasteiger partial charge >= 0.3 is 5.97 Å². The standard InChI is InChI=1S/C17H20FNO4/c18-14-6-4-13(5-7-14)2-1-3-15(20)19-17(12-16(21)22)8-10-23-11-9-17/h1-2,4-7H,3,8-12H2,(H,19,20)(H,21,22)/b2-1+. The van der Waals surface area contributed by atoms with E-state index in [0.717, 1.165) is 5.56 Å². The second-order valence-electron chi connectivity index (χ2n) is 5.67. The van der Waals surface area contributed by atoms with Gasteiger partial charge in [-0.1, -0.05) is 24.3 Å². The number of carbonyl (C=O) groups is 2. The van der Waals surface area contributed by atoms with E-state index in [1.54, 1.807) is 24.3 Å². The molecule has 0 aliphatic carbocycles. The van der Waals surface area contributed by atoms with Crippen molar-refractivity contribution in [3.8, 4) is 0 Å². The lowest BCUT2D eigenvalue weighted by Gasteiger charge is -2.36. The summed E-state index contributed by atoms with van der Waals surface area (Å²) in [6.07, 6.45) is 4.42. The highest BCUT2D eigenvalue weighted by molar-refractivity contribution is 5.80. The lowest BCUT2D eigenvalue weighted by molar-refractivity contribution is -0.140. The predicted octanol–water partition coefficient (Wildman–Crippen LogP) is 2.37. The van der Waals surface area contributed by atoms with Gasteiger partial charge in [-0.2, -0.15) is 0 Å². The minimum absolute atomic E-state index is 0.107. The van der Waals surface area contributed by atoms with Crippen molar-refractivity contribution in [1.82, 2.24) is 5.32 Å². The molecule has 1 amide bonds. The van der Waals surface area contributed by atoms with E-state index >= 15 is 0 Å². The van der Waals surface area contributed by atoms with Crippen LogP contribution in [-0.2, 0) is 14.3 Å². The van der Waals surface area contributed by atoms with Gasteiger partial charge < -0.3 is 15.2 Å². The van der Waals surface area contributed by atoms with Crippen LogP contribution in [-0.4, -0.2) is 35.7 Å². The Morgan fingerprint density at radius 1 is 1.26 bits per heavy atom. The fraction of sp³-hybridized carbons (Fsp3) is 0.412. The minimum Gasteiger partial charge on any atom is -0.481 e. The highest BCUT2D eigenvalue weighted by atomic mass is 19.1. The Morgan fingerprint density at radius 3 is 2.52 bits per heavy atom. The highest BCUT2D eigenvalue weighted by Gasteiger charge is 2.36. The molecule has 2 rings (SSSR count). The fourth-order valence-electron chi connectivity index (χ4n) is 2.62. The zero-order valence-electron chi connectivity index (χ0n) is 12.8. The second kappa shape index (κ2) is 7.87. The topological polar surface area (TPSA) is 75.6 Å². The first-order valence-corrected chi connectivity index (χ1v) is 7.52. The number of carbonyl (C=O) groups excluding carboxylic acids is 1. The molecule has 0 radical (unpaired) electrons. The zero-order chi connectivity index (χ0) is 16.7. The number of carboxylic acid groups (broad SMARTS) is 1. The van der Waals surface area contributed by atoms with Gasteiger partial charge in [0.05, 0.1) is 12.0 Å². The monoisotopic (exact) mass is 321 g/mol. The number of carboxylic acids is 1. The van der Waals surface area contributed by atoms with E-state index in [2.05, 4.69) is 5.32 Å². The van der Waals surface area contributed by atoms with Gasteiger partial charge in [-0.25, -0.2) is 4.39 Å². The second-order valence-corrected chi connectivity index (χ2v) is 5.67. The summed E-state index contributed by atoms with van der Waals surface area (Å²) in [7, 11) is 0. The molecule has 0 atom stereocenters. The molecule has 0 unspecified atom stereocenters. The molecular weight excluding hydrogens is 301 g/mol. The smallest absolute Gasteiger partial charge is 0.305 e. The van der Waals surface area contributed by atoms with Crippen LogP contribution in [0.1, 0.15) is 31.2 Å². The van der Waals surface area contributed by atoms with Gasteiger partial charge in [-0.05, 0) is 30.5 Å². The van der Waals surface area contributed by atoms with Crippen molar-refractivity contribution in [3.05, 3.63) is 41.7 Å². The third-order valence-electron chi connectivity index (χ3n) is 3.83. The van der Waals surface area contributed by atoms with E-state index in [4.69, 9.17) is 9.84 Å². The molecule has 0 saturated carbocycles.